The van der Waals surface area contributed by atoms with Crippen LogP contribution in [-0.4, -0.2) is 43.4 Å². The van der Waals surface area contributed by atoms with Crippen LogP contribution in [0.2, 0.25) is 0 Å². The molecule has 5 nitrogen and oxygen atoms in total. The van der Waals surface area contributed by atoms with Crippen LogP contribution in [0.3, 0.4) is 0 Å². The van der Waals surface area contributed by atoms with Gasteiger partial charge in [0.1, 0.15) is 5.82 Å². The molecule has 1 heterocycles. The molecule has 0 unspecified atom stereocenters. The van der Waals surface area contributed by atoms with E-state index < -0.39 is 0 Å². The van der Waals surface area contributed by atoms with E-state index in [1.165, 1.54) is 17.2 Å². The zero-order chi connectivity index (χ0) is 20.9. The summed E-state index contributed by atoms with van der Waals surface area (Å²) in [6, 6.07) is 14.9. The minimum absolute atomic E-state index is 0.0480. The Balaban J connectivity index is 1.51. The van der Waals surface area contributed by atoms with Crippen LogP contribution < -0.4 is 10.6 Å². The van der Waals surface area contributed by atoms with Crippen LogP contribution in [0.5, 0.6) is 0 Å². The van der Waals surface area contributed by atoms with E-state index in [0.29, 0.717) is 19.0 Å². The second-order valence-electron chi connectivity index (χ2n) is 8.01. The van der Waals surface area contributed by atoms with Crippen molar-refractivity contribution in [2.45, 2.75) is 32.2 Å². The van der Waals surface area contributed by atoms with Gasteiger partial charge in [0, 0.05) is 32.1 Å². The van der Waals surface area contributed by atoms with Crippen LogP contribution in [0.1, 0.15) is 30.5 Å². The number of fused-ring (bicyclic) bond motifs is 1. The molecule has 2 aromatic rings. The number of benzene rings is 2. The number of aliphatic imine (C=N–C) groups is 1. The first kappa shape index (κ1) is 20.8. The number of hydrogen-bond acceptors (Lipinski definition) is 2. The molecule has 0 saturated carbocycles. The average Bonchev–Trinajstić information content (AvgIpc) is 2.73. The largest absolute Gasteiger partial charge is 0.356 e. The molecule has 6 heteroatoms. The zero-order valence-electron chi connectivity index (χ0n) is 17.3. The second kappa shape index (κ2) is 9.07. The summed E-state index contributed by atoms with van der Waals surface area (Å²) in [5, 5.41) is 6.35. The Morgan fingerprint density at radius 2 is 1.90 bits per heavy atom. The van der Waals surface area contributed by atoms with E-state index in [4.69, 9.17) is 0 Å². The molecule has 0 aliphatic carbocycles. The number of halogens is 1. The molecular formula is C23H29FN4O. The Labute approximate surface area is 172 Å². The van der Waals surface area contributed by atoms with Crippen molar-refractivity contribution < 1.29 is 9.18 Å². The van der Waals surface area contributed by atoms with Crippen molar-refractivity contribution in [2.75, 3.05) is 26.7 Å². The van der Waals surface area contributed by atoms with E-state index in [1.807, 2.05) is 36.9 Å². The molecule has 0 radical (unpaired) electrons. The molecule has 0 spiro atoms. The van der Waals surface area contributed by atoms with Crippen LogP contribution in [0, 0.1) is 5.82 Å². The van der Waals surface area contributed by atoms with E-state index in [9.17, 15) is 9.18 Å². The van der Waals surface area contributed by atoms with Crippen molar-refractivity contribution in [2.24, 2.45) is 4.99 Å². The quantitative estimate of drug-likeness (QED) is 0.604. The molecule has 0 saturated heterocycles. The summed E-state index contributed by atoms with van der Waals surface area (Å²) in [5.74, 6) is 0.360. The summed E-state index contributed by atoms with van der Waals surface area (Å²) < 4.78 is 13.5. The standard InChI is InChI=1S/C23H29FN4O/c1-23(2,19-9-6-10-20(24)13-19)16-27-22(25-3)26-14-21(29)28-12-11-17-7-4-5-8-18(17)15-28/h4-10,13H,11-12,14-16H2,1-3H3,(H2,25,26,27). The molecular weight excluding hydrogens is 367 g/mol. The number of nitrogens with zero attached hydrogens (tertiary/aromatic N) is 2. The Hall–Kier alpha value is -2.89. The summed E-state index contributed by atoms with van der Waals surface area (Å²) in [4.78, 5) is 18.7. The summed E-state index contributed by atoms with van der Waals surface area (Å²) in [6.45, 7) is 6.20. The van der Waals surface area contributed by atoms with Crippen molar-refractivity contribution in [1.29, 1.82) is 0 Å². The first-order valence-corrected chi connectivity index (χ1v) is 9.94. The number of carbonyl (C=O) groups is 1. The normalized spacial score (nSPS) is 14.3. The zero-order valence-corrected chi connectivity index (χ0v) is 17.3. The van der Waals surface area contributed by atoms with Gasteiger partial charge in [-0.1, -0.05) is 50.2 Å². The van der Waals surface area contributed by atoms with Gasteiger partial charge in [-0.3, -0.25) is 9.79 Å². The maximum Gasteiger partial charge on any atom is 0.242 e. The van der Waals surface area contributed by atoms with Gasteiger partial charge in [-0.05, 0) is 35.2 Å². The highest BCUT2D eigenvalue weighted by molar-refractivity contribution is 5.86. The molecule has 3 rings (SSSR count). The third-order valence-electron chi connectivity index (χ3n) is 5.42. The molecule has 0 atom stereocenters. The number of rotatable bonds is 5. The number of carbonyl (C=O) groups excluding carboxylic acids is 1. The molecule has 0 bridgehead atoms. The van der Waals surface area contributed by atoms with Gasteiger partial charge in [0.25, 0.3) is 0 Å². The van der Waals surface area contributed by atoms with E-state index in [-0.39, 0.29) is 23.7 Å². The van der Waals surface area contributed by atoms with E-state index in [2.05, 4.69) is 27.8 Å². The van der Waals surface area contributed by atoms with Crippen molar-refractivity contribution in [3.05, 3.63) is 71.0 Å². The van der Waals surface area contributed by atoms with Crippen molar-refractivity contribution in [1.82, 2.24) is 15.5 Å². The first-order chi connectivity index (χ1) is 13.9. The molecule has 2 N–H and O–H groups in total. The lowest BCUT2D eigenvalue weighted by Crippen LogP contribution is -2.48. The second-order valence-corrected chi connectivity index (χ2v) is 8.01. The monoisotopic (exact) mass is 396 g/mol. The molecule has 0 fully saturated rings. The Morgan fingerprint density at radius 1 is 1.14 bits per heavy atom. The van der Waals surface area contributed by atoms with Gasteiger partial charge in [-0.25, -0.2) is 4.39 Å². The number of hydrogen-bond donors (Lipinski definition) is 2. The predicted octanol–water partition coefficient (Wildman–Crippen LogP) is 2.85. The molecule has 2 aromatic carbocycles. The van der Waals surface area contributed by atoms with E-state index >= 15 is 0 Å². The van der Waals surface area contributed by atoms with E-state index in [0.717, 1.165) is 18.5 Å². The summed E-state index contributed by atoms with van der Waals surface area (Å²) >= 11 is 0. The molecule has 1 amide bonds. The minimum atomic E-state index is -0.291. The summed E-state index contributed by atoms with van der Waals surface area (Å²) in [6.07, 6.45) is 0.886. The Bertz CT molecular complexity index is 894. The predicted molar refractivity (Wildman–Crippen MR) is 114 cm³/mol. The van der Waals surface area contributed by atoms with Gasteiger partial charge in [0.05, 0.1) is 6.54 Å². The minimum Gasteiger partial charge on any atom is -0.356 e. The number of nitrogens with one attached hydrogen (secondary N) is 2. The lowest BCUT2D eigenvalue weighted by atomic mass is 9.84. The fourth-order valence-corrected chi connectivity index (χ4v) is 3.52. The Morgan fingerprint density at radius 3 is 2.62 bits per heavy atom. The number of amides is 1. The molecule has 154 valence electrons. The van der Waals surface area contributed by atoms with Gasteiger partial charge < -0.3 is 15.5 Å². The van der Waals surface area contributed by atoms with Crippen molar-refractivity contribution >= 4 is 11.9 Å². The molecule has 1 aliphatic rings. The first-order valence-electron chi connectivity index (χ1n) is 9.94. The lowest BCUT2D eigenvalue weighted by molar-refractivity contribution is -0.130. The Kier molecular flexibility index (Phi) is 6.52. The highest BCUT2D eigenvalue weighted by Gasteiger charge is 2.23. The molecule has 29 heavy (non-hydrogen) atoms. The van der Waals surface area contributed by atoms with Gasteiger partial charge in [0.2, 0.25) is 5.91 Å². The SMILES string of the molecule is CN=C(NCC(=O)N1CCc2ccccc2C1)NCC(C)(C)c1cccc(F)c1. The fraction of sp³-hybridized carbons (Fsp3) is 0.391. The summed E-state index contributed by atoms with van der Waals surface area (Å²) in [5.41, 5.74) is 3.15. The highest BCUT2D eigenvalue weighted by atomic mass is 19.1. The van der Waals surface area contributed by atoms with Gasteiger partial charge in [-0.2, -0.15) is 0 Å². The van der Waals surface area contributed by atoms with Crippen molar-refractivity contribution in [3.8, 4) is 0 Å². The van der Waals surface area contributed by atoms with Crippen LogP contribution in [-0.2, 0) is 23.2 Å². The average molecular weight is 397 g/mol. The highest BCUT2D eigenvalue weighted by Crippen LogP contribution is 2.23. The van der Waals surface area contributed by atoms with Crippen LogP contribution in [0.25, 0.3) is 0 Å². The third-order valence-corrected chi connectivity index (χ3v) is 5.42. The molecule has 0 aromatic heterocycles. The maximum absolute atomic E-state index is 13.5. The third kappa shape index (κ3) is 5.34. The smallest absolute Gasteiger partial charge is 0.242 e. The number of guanidine groups is 1. The van der Waals surface area contributed by atoms with Crippen molar-refractivity contribution in [3.63, 3.8) is 0 Å². The topological polar surface area (TPSA) is 56.7 Å². The van der Waals surface area contributed by atoms with E-state index in [1.54, 1.807) is 19.2 Å². The summed E-state index contributed by atoms with van der Waals surface area (Å²) in [7, 11) is 1.67. The van der Waals surface area contributed by atoms with Gasteiger partial charge >= 0.3 is 0 Å². The van der Waals surface area contributed by atoms with Crippen LogP contribution >= 0.6 is 0 Å². The fourth-order valence-electron chi connectivity index (χ4n) is 3.52. The molecule has 1 aliphatic heterocycles. The van der Waals surface area contributed by atoms with Gasteiger partial charge in [0.15, 0.2) is 5.96 Å². The van der Waals surface area contributed by atoms with Gasteiger partial charge in [-0.15, -0.1) is 0 Å². The lowest BCUT2D eigenvalue weighted by Gasteiger charge is -2.29. The van der Waals surface area contributed by atoms with Crippen LogP contribution in [0.4, 0.5) is 4.39 Å². The van der Waals surface area contributed by atoms with Crippen LogP contribution in [0.15, 0.2) is 53.5 Å². The maximum atomic E-state index is 13.5.